The minimum absolute atomic E-state index is 0.133. The lowest BCUT2D eigenvalue weighted by molar-refractivity contribution is -0.0905. The second-order valence-corrected chi connectivity index (χ2v) is 8.16. The number of halogens is 2. The topological polar surface area (TPSA) is 0 Å². The van der Waals surface area contributed by atoms with E-state index in [0.717, 1.165) is 25.2 Å². The SMILES string of the molecule is CCCC1CCC(C(C)C(F)(F)CCC2CCCCC2)CC1. The van der Waals surface area contributed by atoms with Crippen molar-refractivity contribution in [2.45, 2.75) is 103 Å². The van der Waals surface area contributed by atoms with E-state index in [1.165, 1.54) is 57.8 Å². The molecule has 0 heterocycles. The molecule has 2 aliphatic carbocycles. The van der Waals surface area contributed by atoms with Crippen LogP contribution < -0.4 is 0 Å². The average Bonchev–Trinajstić information content (AvgIpc) is 2.54. The highest BCUT2D eigenvalue weighted by atomic mass is 19.3. The fourth-order valence-corrected chi connectivity index (χ4v) is 4.83. The molecule has 0 aromatic carbocycles. The molecule has 130 valence electrons. The number of hydrogen-bond donors (Lipinski definition) is 0. The van der Waals surface area contributed by atoms with Crippen molar-refractivity contribution >= 4 is 0 Å². The normalized spacial score (nSPS) is 29.5. The molecule has 22 heavy (non-hydrogen) atoms. The summed E-state index contributed by atoms with van der Waals surface area (Å²) in [5.41, 5.74) is 0. The summed E-state index contributed by atoms with van der Waals surface area (Å²) >= 11 is 0. The maximum atomic E-state index is 14.6. The Morgan fingerprint density at radius 2 is 1.45 bits per heavy atom. The van der Waals surface area contributed by atoms with Crippen LogP contribution in [0.3, 0.4) is 0 Å². The van der Waals surface area contributed by atoms with E-state index >= 15 is 0 Å². The summed E-state index contributed by atoms with van der Waals surface area (Å²) in [4.78, 5) is 0. The summed E-state index contributed by atoms with van der Waals surface area (Å²) in [5.74, 6) is -1.22. The Balaban J connectivity index is 1.75. The number of alkyl halides is 2. The van der Waals surface area contributed by atoms with Gasteiger partial charge in [0.2, 0.25) is 0 Å². The quantitative estimate of drug-likeness (QED) is 0.465. The first-order chi connectivity index (χ1) is 10.5. The van der Waals surface area contributed by atoms with E-state index in [1.807, 2.05) is 6.92 Å². The molecule has 0 saturated heterocycles. The van der Waals surface area contributed by atoms with Gasteiger partial charge in [-0.1, -0.05) is 71.6 Å². The lowest BCUT2D eigenvalue weighted by Gasteiger charge is -2.36. The van der Waals surface area contributed by atoms with E-state index in [0.29, 0.717) is 5.92 Å². The van der Waals surface area contributed by atoms with Crippen LogP contribution in [0.25, 0.3) is 0 Å². The van der Waals surface area contributed by atoms with Crippen molar-refractivity contribution in [3.8, 4) is 0 Å². The highest BCUT2D eigenvalue weighted by Gasteiger charge is 2.41. The molecule has 0 bridgehead atoms. The molecule has 0 aliphatic heterocycles. The minimum Gasteiger partial charge on any atom is -0.207 e. The van der Waals surface area contributed by atoms with Gasteiger partial charge in [-0.25, -0.2) is 8.78 Å². The van der Waals surface area contributed by atoms with Crippen molar-refractivity contribution in [1.82, 2.24) is 0 Å². The first kappa shape index (κ1) is 18.2. The van der Waals surface area contributed by atoms with Gasteiger partial charge in [-0.2, -0.15) is 0 Å². The molecule has 2 heteroatoms. The molecule has 2 saturated carbocycles. The van der Waals surface area contributed by atoms with Crippen LogP contribution in [0.4, 0.5) is 8.78 Å². The molecule has 0 radical (unpaired) electrons. The molecule has 0 spiro atoms. The van der Waals surface area contributed by atoms with Crippen LogP contribution in [-0.2, 0) is 0 Å². The molecule has 0 aromatic heterocycles. The van der Waals surface area contributed by atoms with E-state index in [4.69, 9.17) is 0 Å². The van der Waals surface area contributed by atoms with Crippen LogP contribution in [0.5, 0.6) is 0 Å². The molecule has 0 amide bonds. The van der Waals surface area contributed by atoms with Gasteiger partial charge in [0.25, 0.3) is 5.92 Å². The third-order valence-corrected chi connectivity index (χ3v) is 6.57. The zero-order valence-electron chi connectivity index (χ0n) is 14.8. The molecule has 2 aliphatic rings. The van der Waals surface area contributed by atoms with Gasteiger partial charge in [-0.15, -0.1) is 0 Å². The van der Waals surface area contributed by atoms with Crippen molar-refractivity contribution in [2.24, 2.45) is 23.7 Å². The largest absolute Gasteiger partial charge is 0.250 e. The fourth-order valence-electron chi connectivity index (χ4n) is 4.83. The van der Waals surface area contributed by atoms with Crippen molar-refractivity contribution in [3.05, 3.63) is 0 Å². The van der Waals surface area contributed by atoms with Crippen LogP contribution in [0, 0.1) is 23.7 Å². The van der Waals surface area contributed by atoms with Gasteiger partial charge in [0.1, 0.15) is 0 Å². The Labute approximate surface area is 136 Å². The van der Waals surface area contributed by atoms with E-state index in [-0.39, 0.29) is 12.3 Å². The van der Waals surface area contributed by atoms with Crippen LogP contribution in [-0.4, -0.2) is 5.92 Å². The van der Waals surface area contributed by atoms with Gasteiger partial charge >= 0.3 is 0 Å². The summed E-state index contributed by atoms with van der Waals surface area (Å²) in [5, 5.41) is 0. The summed E-state index contributed by atoms with van der Waals surface area (Å²) in [6, 6.07) is 0. The van der Waals surface area contributed by atoms with Gasteiger partial charge in [-0.05, 0) is 37.0 Å². The van der Waals surface area contributed by atoms with Crippen molar-refractivity contribution < 1.29 is 8.78 Å². The number of rotatable bonds is 7. The second-order valence-electron chi connectivity index (χ2n) is 8.16. The first-order valence-electron chi connectivity index (χ1n) is 9.90. The van der Waals surface area contributed by atoms with Crippen LogP contribution in [0.15, 0.2) is 0 Å². The molecule has 2 fully saturated rings. The van der Waals surface area contributed by atoms with E-state index < -0.39 is 11.8 Å². The van der Waals surface area contributed by atoms with E-state index in [2.05, 4.69) is 6.92 Å². The molecule has 0 nitrogen and oxygen atoms in total. The predicted molar refractivity (Wildman–Crippen MR) is 90.3 cm³/mol. The Hall–Kier alpha value is -0.140. The highest BCUT2D eigenvalue weighted by Crippen LogP contribution is 2.44. The van der Waals surface area contributed by atoms with Gasteiger partial charge in [0.15, 0.2) is 0 Å². The third-order valence-electron chi connectivity index (χ3n) is 6.57. The van der Waals surface area contributed by atoms with Gasteiger partial charge in [-0.3, -0.25) is 0 Å². The van der Waals surface area contributed by atoms with Crippen molar-refractivity contribution in [3.63, 3.8) is 0 Å². The molecule has 0 aromatic rings. The predicted octanol–water partition coefficient (Wildman–Crippen LogP) is 7.22. The lowest BCUT2D eigenvalue weighted by atomic mass is 9.72. The second kappa shape index (κ2) is 8.64. The monoisotopic (exact) mass is 314 g/mol. The van der Waals surface area contributed by atoms with Crippen LogP contribution >= 0.6 is 0 Å². The summed E-state index contributed by atoms with van der Waals surface area (Å²) < 4.78 is 29.2. The van der Waals surface area contributed by atoms with Crippen molar-refractivity contribution in [2.75, 3.05) is 0 Å². The summed E-state index contributed by atoms with van der Waals surface area (Å²) in [6.07, 6.45) is 14.0. The average molecular weight is 315 g/mol. The van der Waals surface area contributed by atoms with Gasteiger partial charge in [0.05, 0.1) is 0 Å². The highest BCUT2D eigenvalue weighted by molar-refractivity contribution is 4.84. The third kappa shape index (κ3) is 5.20. The Morgan fingerprint density at radius 1 is 0.864 bits per heavy atom. The van der Waals surface area contributed by atoms with Gasteiger partial charge in [0, 0.05) is 12.3 Å². The van der Waals surface area contributed by atoms with Crippen molar-refractivity contribution in [1.29, 1.82) is 0 Å². The van der Waals surface area contributed by atoms with Gasteiger partial charge < -0.3 is 0 Å². The standard InChI is InChI=1S/C20H36F2/c1-3-7-17-10-12-19(13-11-17)16(2)20(21,22)15-14-18-8-5-4-6-9-18/h16-19H,3-15H2,1-2H3. The molecular weight excluding hydrogens is 278 g/mol. The molecule has 1 unspecified atom stereocenters. The zero-order valence-corrected chi connectivity index (χ0v) is 14.8. The first-order valence-corrected chi connectivity index (χ1v) is 9.90. The minimum atomic E-state index is -2.44. The molecule has 0 N–H and O–H groups in total. The fraction of sp³-hybridized carbons (Fsp3) is 1.00. The zero-order chi connectivity index (χ0) is 16.0. The van der Waals surface area contributed by atoms with E-state index in [1.54, 1.807) is 0 Å². The molecular formula is C20H36F2. The molecule has 2 rings (SSSR count). The lowest BCUT2D eigenvalue weighted by Crippen LogP contribution is -2.34. The molecule has 1 atom stereocenters. The maximum absolute atomic E-state index is 14.6. The maximum Gasteiger partial charge on any atom is 0.250 e. The number of hydrogen-bond acceptors (Lipinski definition) is 0. The smallest absolute Gasteiger partial charge is 0.207 e. The Kier molecular flexibility index (Phi) is 7.15. The van der Waals surface area contributed by atoms with E-state index in [9.17, 15) is 8.78 Å². The van der Waals surface area contributed by atoms with Crippen LogP contribution in [0.1, 0.15) is 97.3 Å². The Bertz CT molecular complexity index is 299. The Morgan fingerprint density at radius 3 is 2.05 bits per heavy atom. The summed E-state index contributed by atoms with van der Waals surface area (Å²) in [6.45, 7) is 4.06. The van der Waals surface area contributed by atoms with Crippen LogP contribution in [0.2, 0.25) is 0 Å². The summed E-state index contributed by atoms with van der Waals surface area (Å²) in [7, 11) is 0.